The number of carbonyl (C=O) groups excluding carboxylic acids is 2. The van der Waals surface area contributed by atoms with Crippen LogP contribution >= 0.6 is 0 Å². The summed E-state index contributed by atoms with van der Waals surface area (Å²) in [5.41, 5.74) is -0.920. The van der Waals surface area contributed by atoms with Gasteiger partial charge in [0, 0.05) is 11.5 Å². The van der Waals surface area contributed by atoms with Gasteiger partial charge in [-0.15, -0.1) is 0 Å². The van der Waals surface area contributed by atoms with Gasteiger partial charge in [0.2, 0.25) is 5.88 Å². The Balaban J connectivity index is 1.83. The molecule has 0 aromatic carbocycles. The third kappa shape index (κ3) is 3.85. The number of aliphatic hydroxyl groups is 1. The number of nitrogens with one attached hydrogen (secondary N) is 1. The van der Waals surface area contributed by atoms with Gasteiger partial charge in [0.15, 0.2) is 12.2 Å². The minimum absolute atomic E-state index is 0.190. The quantitative estimate of drug-likeness (QED) is 0.822. The molecule has 0 bridgehead atoms. The van der Waals surface area contributed by atoms with E-state index < -0.39 is 24.1 Å². The molecule has 0 aliphatic heterocycles. The van der Waals surface area contributed by atoms with Crippen molar-refractivity contribution < 1.29 is 24.0 Å². The van der Waals surface area contributed by atoms with Crippen LogP contribution in [-0.2, 0) is 19.7 Å². The molecule has 0 spiro atoms. The molecule has 1 aliphatic carbocycles. The summed E-state index contributed by atoms with van der Waals surface area (Å²) in [6.45, 7) is 5.45. The molecule has 1 aromatic heterocycles. The number of ether oxygens (including phenoxy) is 1. The van der Waals surface area contributed by atoms with E-state index in [0.29, 0.717) is 18.5 Å². The van der Waals surface area contributed by atoms with E-state index in [2.05, 4.69) is 10.5 Å². The monoisotopic (exact) mass is 310 g/mol. The molecule has 2 rings (SSSR count). The number of hydrogen-bond donors (Lipinski definition) is 2. The molecular formula is C15H22N2O5. The van der Waals surface area contributed by atoms with Crippen molar-refractivity contribution in [2.45, 2.75) is 57.5 Å². The summed E-state index contributed by atoms with van der Waals surface area (Å²) in [5, 5.41) is 16.4. The van der Waals surface area contributed by atoms with Crippen LogP contribution in [0.15, 0.2) is 10.6 Å². The zero-order valence-electron chi connectivity index (χ0n) is 13.1. The zero-order chi connectivity index (χ0) is 16.4. The number of anilines is 1. The lowest BCUT2D eigenvalue weighted by molar-refractivity contribution is -0.166. The molecule has 0 radical (unpaired) electrons. The lowest BCUT2D eigenvalue weighted by Gasteiger charge is -2.19. The molecule has 22 heavy (non-hydrogen) atoms. The summed E-state index contributed by atoms with van der Waals surface area (Å²) >= 11 is 0. The SMILES string of the molecule is CC(C)(C)c1cc(NC(=O)COC(=O)C2(O)CCCC2)on1. The van der Waals surface area contributed by atoms with E-state index in [0.717, 1.165) is 12.8 Å². The number of amides is 1. The fourth-order valence-corrected chi connectivity index (χ4v) is 2.29. The van der Waals surface area contributed by atoms with Crippen molar-refractivity contribution in [1.29, 1.82) is 0 Å². The van der Waals surface area contributed by atoms with Crippen molar-refractivity contribution in [2.24, 2.45) is 0 Å². The van der Waals surface area contributed by atoms with E-state index in [1.54, 1.807) is 6.07 Å². The van der Waals surface area contributed by atoms with Crippen LogP contribution in [0.3, 0.4) is 0 Å². The molecule has 1 saturated carbocycles. The minimum Gasteiger partial charge on any atom is -0.453 e. The van der Waals surface area contributed by atoms with E-state index in [-0.39, 0.29) is 11.3 Å². The summed E-state index contributed by atoms with van der Waals surface area (Å²) in [5.74, 6) is -1.08. The van der Waals surface area contributed by atoms with Crippen LogP contribution in [0.25, 0.3) is 0 Å². The molecule has 7 nitrogen and oxygen atoms in total. The summed E-state index contributed by atoms with van der Waals surface area (Å²) in [6.07, 6.45) is 2.33. The van der Waals surface area contributed by atoms with Gasteiger partial charge in [-0.3, -0.25) is 10.1 Å². The fraction of sp³-hybridized carbons (Fsp3) is 0.667. The first-order valence-corrected chi connectivity index (χ1v) is 7.37. The van der Waals surface area contributed by atoms with Gasteiger partial charge in [0.25, 0.3) is 5.91 Å². The minimum atomic E-state index is -1.44. The third-order valence-corrected chi connectivity index (χ3v) is 3.69. The average molecular weight is 310 g/mol. The first-order valence-electron chi connectivity index (χ1n) is 7.37. The van der Waals surface area contributed by atoms with Gasteiger partial charge >= 0.3 is 5.97 Å². The van der Waals surface area contributed by atoms with Gasteiger partial charge in [0.05, 0.1) is 5.69 Å². The normalized spacial score (nSPS) is 17.3. The Morgan fingerprint density at radius 2 is 2.05 bits per heavy atom. The highest BCUT2D eigenvalue weighted by Crippen LogP contribution is 2.30. The molecule has 0 atom stereocenters. The van der Waals surface area contributed by atoms with Gasteiger partial charge in [-0.2, -0.15) is 0 Å². The van der Waals surface area contributed by atoms with E-state index >= 15 is 0 Å². The smallest absolute Gasteiger partial charge is 0.338 e. The standard InChI is InChI=1S/C15H22N2O5/c1-14(2,3)10-8-12(22-17-10)16-11(18)9-21-13(19)15(20)6-4-5-7-15/h8,20H,4-7,9H2,1-3H3,(H,16,18). The lowest BCUT2D eigenvalue weighted by atomic mass is 9.92. The Bertz CT molecular complexity index is 553. The number of rotatable bonds is 4. The first kappa shape index (κ1) is 16.5. The summed E-state index contributed by atoms with van der Waals surface area (Å²) in [4.78, 5) is 23.5. The molecule has 1 aliphatic rings. The second kappa shape index (κ2) is 6.08. The maximum absolute atomic E-state index is 11.8. The predicted octanol–water partition coefficient (Wildman–Crippen LogP) is 1.76. The number of aromatic nitrogens is 1. The van der Waals surface area contributed by atoms with Crippen molar-refractivity contribution in [1.82, 2.24) is 5.16 Å². The second-order valence-corrected chi connectivity index (χ2v) is 6.69. The van der Waals surface area contributed by atoms with Crippen molar-refractivity contribution in [3.05, 3.63) is 11.8 Å². The van der Waals surface area contributed by atoms with Crippen molar-refractivity contribution in [3.63, 3.8) is 0 Å². The molecule has 0 unspecified atom stereocenters. The fourth-order valence-electron chi connectivity index (χ4n) is 2.29. The molecule has 0 saturated heterocycles. The second-order valence-electron chi connectivity index (χ2n) is 6.69. The van der Waals surface area contributed by atoms with Crippen LogP contribution in [0.1, 0.15) is 52.1 Å². The van der Waals surface area contributed by atoms with Gasteiger partial charge in [-0.05, 0) is 25.7 Å². The molecule has 2 N–H and O–H groups in total. The Morgan fingerprint density at radius 1 is 1.41 bits per heavy atom. The van der Waals surface area contributed by atoms with Gasteiger partial charge in [-0.1, -0.05) is 25.9 Å². The molecular weight excluding hydrogens is 288 g/mol. The first-order chi connectivity index (χ1) is 10.2. The van der Waals surface area contributed by atoms with E-state index in [1.165, 1.54) is 0 Å². The Kier molecular flexibility index (Phi) is 4.55. The van der Waals surface area contributed by atoms with Crippen LogP contribution in [0, 0.1) is 0 Å². The van der Waals surface area contributed by atoms with Crippen LogP contribution < -0.4 is 5.32 Å². The highest BCUT2D eigenvalue weighted by Gasteiger charge is 2.40. The Hall–Kier alpha value is -1.89. The maximum atomic E-state index is 11.8. The van der Waals surface area contributed by atoms with Crippen LogP contribution in [-0.4, -0.2) is 34.3 Å². The molecule has 1 heterocycles. The summed E-state index contributed by atoms with van der Waals surface area (Å²) in [7, 11) is 0. The summed E-state index contributed by atoms with van der Waals surface area (Å²) in [6, 6.07) is 1.63. The lowest BCUT2D eigenvalue weighted by Crippen LogP contribution is -2.38. The topological polar surface area (TPSA) is 102 Å². The van der Waals surface area contributed by atoms with Gasteiger partial charge < -0.3 is 14.4 Å². The third-order valence-electron chi connectivity index (χ3n) is 3.69. The summed E-state index contributed by atoms with van der Waals surface area (Å²) < 4.78 is 9.89. The van der Waals surface area contributed by atoms with E-state index in [9.17, 15) is 14.7 Å². The largest absolute Gasteiger partial charge is 0.453 e. The Morgan fingerprint density at radius 3 is 2.59 bits per heavy atom. The van der Waals surface area contributed by atoms with E-state index in [1.807, 2.05) is 20.8 Å². The van der Waals surface area contributed by atoms with Gasteiger partial charge in [0.1, 0.15) is 0 Å². The van der Waals surface area contributed by atoms with Crippen molar-refractivity contribution in [3.8, 4) is 0 Å². The maximum Gasteiger partial charge on any atom is 0.338 e. The van der Waals surface area contributed by atoms with Crippen LogP contribution in [0.4, 0.5) is 5.88 Å². The highest BCUT2D eigenvalue weighted by molar-refractivity contribution is 5.92. The van der Waals surface area contributed by atoms with E-state index in [4.69, 9.17) is 9.26 Å². The molecule has 1 amide bonds. The molecule has 122 valence electrons. The number of carbonyl (C=O) groups is 2. The molecule has 1 aromatic rings. The number of nitrogens with zero attached hydrogens (tertiary/aromatic N) is 1. The number of esters is 1. The van der Waals surface area contributed by atoms with Crippen LogP contribution in [0.2, 0.25) is 0 Å². The molecule has 1 fully saturated rings. The number of hydrogen-bond acceptors (Lipinski definition) is 6. The highest BCUT2D eigenvalue weighted by atomic mass is 16.6. The van der Waals surface area contributed by atoms with Crippen LogP contribution in [0.5, 0.6) is 0 Å². The van der Waals surface area contributed by atoms with Crippen molar-refractivity contribution in [2.75, 3.05) is 11.9 Å². The predicted molar refractivity (Wildman–Crippen MR) is 78.2 cm³/mol. The molecule has 7 heteroatoms. The van der Waals surface area contributed by atoms with Crippen molar-refractivity contribution >= 4 is 17.8 Å². The average Bonchev–Trinajstić information content (AvgIpc) is 3.05. The Labute approximate surface area is 129 Å². The van der Waals surface area contributed by atoms with Gasteiger partial charge in [-0.25, -0.2) is 4.79 Å². The zero-order valence-corrected chi connectivity index (χ0v) is 13.1.